The molecule has 0 aliphatic carbocycles. The molecule has 81 valence electrons. The van der Waals surface area contributed by atoms with E-state index in [1.165, 1.54) is 12.1 Å². The summed E-state index contributed by atoms with van der Waals surface area (Å²) in [5.41, 5.74) is 0. The number of carbonyl (C=O) groups excluding carboxylic acids is 1. The normalized spacial score (nSPS) is 11.0. The number of aldehydes is 1. The number of sulfone groups is 1. The first kappa shape index (κ1) is 11.7. The first-order valence-electron chi connectivity index (χ1n) is 4.41. The molecule has 5 heteroatoms. The summed E-state index contributed by atoms with van der Waals surface area (Å²) in [6.45, 7) is 2.13. The van der Waals surface area contributed by atoms with Gasteiger partial charge in [-0.05, 0) is 25.1 Å². The van der Waals surface area contributed by atoms with Crippen LogP contribution in [0.15, 0.2) is 23.1 Å². The van der Waals surface area contributed by atoms with Crippen molar-refractivity contribution in [2.24, 2.45) is 0 Å². The van der Waals surface area contributed by atoms with E-state index in [0.29, 0.717) is 12.9 Å². The van der Waals surface area contributed by atoms with Crippen LogP contribution in [0.25, 0.3) is 0 Å². The van der Waals surface area contributed by atoms with Gasteiger partial charge in [-0.1, -0.05) is 6.07 Å². The van der Waals surface area contributed by atoms with Crippen molar-refractivity contribution in [3.63, 3.8) is 0 Å². The van der Waals surface area contributed by atoms with Gasteiger partial charge in [0.25, 0.3) is 0 Å². The van der Waals surface area contributed by atoms with Crippen LogP contribution in [0.3, 0.4) is 0 Å². The highest BCUT2D eigenvalue weighted by atomic mass is 32.2. The van der Waals surface area contributed by atoms with Crippen LogP contribution in [-0.4, -0.2) is 27.1 Å². The molecule has 0 atom stereocenters. The Morgan fingerprint density at radius 2 is 2.27 bits per heavy atom. The van der Waals surface area contributed by atoms with Crippen LogP contribution in [0.4, 0.5) is 0 Å². The predicted octanol–water partition coefficient (Wildman–Crippen LogP) is 0.858. The summed E-state index contributed by atoms with van der Waals surface area (Å²) in [6, 6.07) is 7.03. The monoisotopic (exact) mass is 227 g/mol. The molecular formula is C10H11O4S. The lowest BCUT2D eigenvalue weighted by Gasteiger charge is -2.08. The van der Waals surface area contributed by atoms with Crippen molar-refractivity contribution in [3.8, 4) is 5.75 Å². The van der Waals surface area contributed by atoms with Gasteiger partial charge in [0, 0.05) is 0 Å². The molecule has 0 heterocycles. The van der Waals surface area contributed by atoms with Gasteiger partial charge in [-0.15, -0.1) is 0 Å². The van der Waals surface area contributed by atoms with Gasteiger partial charge < -0.3 is 9.53 Å². The Bertz CT molecular complexity index is 436. The first-order valence-corrected chi connectivity index (χ1v) is 6.06. The van der Waals surface area contributed by atoms with Crippen molar-refractivity contribution >= 4 is 16.1 Å². The second-order valence-corrected chi connectivity index (χ2v) is 4.76. The lowest BCUT2D eigenvalue weighted by atomic mass is 10.3. The van der Waals surface area contributed by atoms with E-state index < -0.39 is 15.6 Å². The number of ether oxygens (including phenoxy) is 1. The Morgan fingerprint density at radius 1 is 1.53 bits per heavy atom. The molecule has 0 spiro atoms. The third-order valence-corrected chi connectivity index (χ3v) is 3.27. The highest BCUT2D eigenvalue weighted by Gasteiger charge is 2.18. The maximum atomic E-state index is 11.6. The minimum atomic E-state index is -3.59. The molecule has 0 bridgehead atoms. The van der Waals surface area contributed by atoms with E-state index in [1.54, 1.807) is 13.0 Å². The minimum absolute atomic E-state index is 0.0129. The van der Waals surface area contributed by atoms with E-state index in [9.17, 15) is 13.2 Å². The van der Waals surface area contributed by atoms with Crippen LogP contribution in [-0.2, 0) is 14.6 Å². The van der Waals surface area contributed by atoms with Crippen LogP contribution in [0, 0.1) is 6.07 Å². The van der Waals surface area contributed by atoms with Gasteiger partial charge in [0.2, 0.25) is 0 Å². The molecule has 0 aromatic heterocycles. The van der Waals surface area contributed by atoms with Gasteiger partial charge in [-0.2, -0.15) is 0 Å². The molecule has 4 nitrogen and oxygen atoms in total. The molecular weight excluding hydrogens is 216 g/mol. The summed E-state index contributed by atoms with van der Waals surface area (Å²) in [7, 11) is -3.59. The molecule has 0 saturated carbocycles. The smallest absolute Gasteiger partial charge is 0.188 e. The van der Waals surface area contributed by atoms with E-state index in [0.717, 1.165) is 0 Å². The van der Waals surface area contributed by atoms with Gasteiger partial charge >= 0.3 is 0 Å². The van der Waals surface area contributed by atoms with Crippen molar-refractivity contribution in [2.45, 2.75) is 11.8 Å². The van der Waals surface area contributed by atoms with Crippen molar-refractivity contribution in [2.75, 3.05) is 12.4 Å². The lowest BCUT2D eigenvalue weighted by Crippen LogP contribution is -2.09. The lowest BCUT2D eigenvalue weighted by molar-refractivity contribution is -0.105. The molecule has 1 aromatic carbocycles. The quantitative estimate of drug-likeness (QED) is 0.700. The van der Waals surface area contributed by atoms with Crippen molar-refractivity contribution in [1.29, 1.82) is 0 Å². The summed E-state index contributed by atoms with van der Waals surface area (Å²) in [5, 5.41) is 0. The van der Waals surface area contributed by atoms with Crippen LogP contribution in [0.1, 0.15) is 6.92 Å². The third kappa shape index (κ3) is 2.79. The largest absolute Gasteiger partial charge is 0.493 e. The van der Waals surface area contributed by atoms with Crippen LogP contribution in [0.5, 0.6) is 5.75 Å². The zero-order valence-electron chi connectivity index (χ0n) is 8.26. The second kappa shape index (κ2) is 4.93. The van der Waals surface area contributed by atoms with Gasteiger partial charge in [0.05, 0.1) is 6.61 Å². The van der Waals surface area contributed by atoms with Crippen molar-refractivity contribution in [1.82, 2.24) is 0 Å². The number of carbonyl (C=O) groups is 1. The average molecular weight is 227 g/mol. The molecule has 0 aliphatic heterocycles. The third-order valence-electron chi connectivity index (χ3n) is 1.71. The summed E-state index contributed by atoms with van der Waals surface area (Å²) in [4.78, 5) is 10.2. The van der Waals surface area contributed by atoms with Crippen LogP contribution >= 0.6 is 0 Å². The fourth-order valence-corrected chi connectivity index (χ4v) is 2.14. The fourth-order valence-electron chi connectivity index (χ4n) is 1.10. The molecule has 0 fully saturated rings. The van der Waals surface area contributed by atoms with Gasteiger partial charge in [-0.25, -0.2) is 8.42 Å². The minimum Gasteiger partial charge on any atom is -0.493 e. The number of benzene rings is 1. The Morgan fingerprint density at radius 3 is 2.87 bits per heavy atom. The van der Waals surface area contributed by atoms with E-state index in [1.807, 2.05) is 0 Å². The Hall–Kier alpha value is -1.36. The first-order chi connectivity index (χ1) is 7.11. The van der Waals surface area contributed by atoms with Crippen LogP contribution < -0.4 is 4.74 Å². The molecule has 1 aromatic rings. The Labute approximate surface area is 88.8 Å². The van der Waals surface area contributed by atoms with E-state index in [-0.39, 0.29) is 10.6 Å². The van der Waals surface area contributed by atoms with Crippen LogP contribution in [0.2, 0.25) is 0 Å². The van der Waals surface area contributed by atoms with E-state index in [2.05, 4.69) is 6.07 Å². The Kier molecular flexibility index (Phi) is 3.85. The summed E-state index contributed by atoms with van der Waals surface area (Å²) >= 11 is 0. The highest BCUT2D eigenvalue weighted by Crippen LogP contribution is 2.23. The summed E-state index contributed by atoms with van der Waals surface area (Å²) < 4.78 is 28.3. The number of hydrogen-bond donors (Lipinski definition) is 0. The zero-order valence-corrected chi connectivity index (χ0v) is 9.08. The summed E-state index contributed by atoms with van der Waals surface area (Å²) in [6.07, 6.45) is 0.359. The summed E-state index contributed by atoms with van der Waals surface area (Å²) in [5.74, 6) is -0.275. The average Bonchev–Trinajstić information content (AvgIpc) is 2.19. The molecule has 0 aliphatic rings. The molecule has 0 N–H and O–H groups in total. The molecule has 1 radical (unpaired) electrons. The predicted molar refractivity (Wildman–Crippen MR) is 54.6 cm³/mol. The zero-order chi connectivity index (χ0) is 11.3. The van der Waals surface area contributed by atoms with Crippen molar-refractivity contribution < 1.29 is 17.9 Å². The van der Waals surface area contributed by atoms with Crippen molar-refractivity contribution in [3.05, 3.63) is 24.3 Å². The standard InChI is InChI=1S/C10H11O4S/c1-2-14-9-5-3-4-6-10(9)15(12,13)8-7-11/h3,5-7H,2,8H2,1H3. The molecule has 0 amide bonds. The number of rotatable bonds is 5. The molecule has 1 rings (SSSR count). The van der Waals surface area contributed by atoms with E-state index in [4.69, 9.17) is 4.74 Å². The fraction of sp³-hybridized carbons (Fsp3) is 0.300. The topological polar surface area (TPSA) is 60.4 Å². The number of hydrogen-bond acceptors (Lipinski definition) is 4. The molecule has 0 unspecified atom stereocenters. The maximum absolute atomic E-state index is 11.6. The van der Waals surface area contributed by atoms with Gasteiger partial charge in [0.15, 0.2) is 9.84 Å². The van der Waals surface area contributed by atoms with Gasteiger partial charge in [0.1, 0.15) is 22.7 Å². The van der Waals surface area contributed by atoms with Gasteiger partial charge in [-0.3, -0.25) is 0 Å². The second-order valence-electron chi connectivity index (χ2n) is 2.75. The Balaban J connectivity index is 3.18. The molecule has 15 heavy (non-hydrogen) atoms. The highest BCUT2D eigenvalue weighted by molar-refractivity contribution is 7.92. The molecule has 0 saturated heterocycles. The van der Waals surface area contributed by atoms with E-state index >= 15 is 0 Å². The maximum Gasteiger partial charge on any atom is 0.188 e. The SMILES string of the molecule is CCOc1cc[c]cc1S(=O)(=O)CC=O.